The maximum atomic E-state index is 12.8. The Morgan fingerprint density at radius 2 is 0.464 bits per heavy atom. The first-order valence-corrected chi connectivity index (χ1v) is 25.7. The number of rotatable bonds is 19. The summed E-state index contributed by atoms with van der Waals surface area (Å²) in [7, 11) is -9.73. The first-order chi connectivity index (χ1) is 26.9. The number of unbranched alkanes of at least 4 members (excludes halogenated alkanes) is 5. The van der Waals surface area contributed by atoms with Crippen molar-refractivity contribution in [2.45, 2.75) is 38.5 Å². The van der Waals surface area contributed by atoms with Crippen molar-refractivity contribution in [1.82, 2.24) is 0 Å². The second-order valence-corrected chi connectivity index (χ2v) is 25.4. The van der Waals surface area contributed by atoms with Crippen LogP contribution in [-0.4, -0.2) is 12.3 Å². The van der Waals surface area contributed by atoms with Crippen molar-refractivity contribution in [3.8, 4) is 0 Å². The standard InChI is InChI=1S/C44H46Cl2O8P2/c47-45(48,49)53-55(39-25-11-5-12-26-39,40-27-13-6-14-28-40,41-29-15-7-16-30-41)37-23-3-1-2-4-24-38-56(54-46(50,51)52,42-31-17-8-18-32-42,43-33-19-9-20-34-43)44-35-21-10-22-36-44/h5-22,25-36H,1-4,23-24,37-38H2. The van der Waals surface area contributed by atoms with Gasteiger partial charge in [0.05, 0.1) is 0 Å². The molecule has 0 aromatic heterocycles. The molecule has 6 rings (SSSR count). The van der Waals surface area contributed by atoms with Crippen LogP contribution in [0.15, 0.2) is 182 Å². The first-order valence-electron chi connectivity index (χ1n) is 18.5. The molecule has 0 saturated heterocycles. The number of benzene rings is 6. The van der Waals surface area contributed by atoms with E-state index in [1.807, 2.05) is 182 Å². The SMILES string of the molecule is [O-][Cl+3]([O-])([O-])OP(CCCCCCCCP(O[Cl+3]([O-])([O-])[O-])(c1ccccc1)(c1ccccc1)c1ccccc1)(c1ccccc1)(c1ccccc1)c1ccccc1. The van der Waals surface area contributed by atoms with E-state index >= 15 is 0 Å². The topological polar surface area (TPSA) is 157 Å². The van der Waals surface area contributed by atoms with Gasteiger partial charge in [-0.25, -0.2) is 0 Å². The second kappa shape index (κ2) is 17.5. The van der Waals surface area contributed by atoms with Gasteiger partial charge in [-0.1, -0.05) is 0 Å². The molecule has 0 fully saturated rings. The van der Waals surface area contributed by atoms with Gasteiger partial charge in [-0.15, -0.1) is 0 Å². The van der Waals surface area contributed by atoms with Crippen LogP contribution in [0, 0.1) is 20.5 Å². The molecule has 0 aliphatic carbocycles. The van der Waals surface area contributed by atoms with Gasteiger partial charge in [0.1, 0.15) is 0 Å². The molecule has 6 aromatic rings. The molecule has 6 aromatic carbocycles. The third-order valence-electron chi connectivity index (χ3n) is 10.7. The van der Waals surface area contributed by atoms with Gasteiger partial charge < -0.3 is 0 Å². The summed E-state index contributed by atoms with van der Waals surface area (Å²) in [6, 6.07) is 55.2. The van der Waals surface area contributed by atoms with E-state index in [1.165, 1.54) is 0 Å². The molecule has 8 nitrogen and oxygen atoms in total. The van der Waals surface area contributed by atoms with Gasteiger partial charge in [0.2, 0.25) is 0 Å². The average Bonchev–Trinajstić information content (AvgIpc) is 3.22. The minimum atomic E-state index is -4.86. The summed E-state index contributed by atoms with van der Waals surface area (Å²) in [5, 5.41) is 3.86. The Morgan fingerprint density at radius 1 is 0.286 bits per heavy atom. The fourth-order valence-corrected chi connectivity index (χ4v) is 23.6. The van der Waals surface area contributed by atoms with Crippen LogP contribution in [0.5, 0.6) is 0 Å². The predicted octanol–water partition coefficient (Wildman–Crippen LogP) is 2.04. The third-order valence-corrected chi connectivity index (χ3v) is 25.2. The second-order valence-electron chi connectivity index (χ2n) is 13.9. The van der Waals surface area contributed by atoms with Gasteiger partial charge >= 0.3 is 335 Å². The molecule has 0 saturated carbocycles. The van der Waals surface area contributed by atoms with Crippen molar-refractivity contribution >= 4 is 45.5 Å². The summed E-state index contributed by atoms with van der Waals surface area (Å²) in [5.74, 6) is 0. The fraction of sp³-hybridized carbons (Fsp3) is 0.182. The molecule has 0 radical (unpaired) electrons. The van der Waals surface area contributed by atoms with Crippen molar-refractivity contribution in [3.63, 3.8) is 0 Å². The van der Waals surface area contributed by atoms with Gasteiger partial charge in [0, 0.05) is 0 Å². The van der Waals surface area contributed by atoms with Crippen molar-refractivity contribution in [2.75, 3.05) is 12.3 Å². The van der Waals surface area contributed by atoms with Crippen LogP contribution in [0.4, 0.5) is 0 Å². The zero-order chi connectivity index (χ0) is 39.6. The zero-order valence-corrected chi connectivity index (χ0v) is 34.2. The van der Waals surface area contributed by atoms with Crippen molar-refractivity contribution in [3.05, 3.63) is 182 Å². The van der Waals surface area contributed by atoms with E-state index in [0.29, 0.717) is 57.5 Å². The fourth-order valence-electron chi connectivity index (χ4n) is 8.34. The maximum absolute atomic E-state index is 12.8. The average molecular weight is 836 g/mol. The van der Waals surface area contributed by atoms with E-state index < -0.39 is 34.1 Å². The molecule has 56 heavy (non-hydrogen) atoms. The summed E-state index contributed by atoms with van der Waals surface area (Å²) in [6.45, 7) is -8.79. The Labute approximate surface area is 333 Å². The molecule has 0 amide bonds. The summed E-state index contributed by atoms with van der Waals surface area (Å²) >= 11 is 0. The molecule has 0 aliphatic heterocycles. The van der Waals surface area contributed by atoms with E-state index in [9.17, 15) is 28.0 Å². The molecule has 0 spiro atoms. The van der Waals surface area contributed by atoms with Gasteiger partial charge in [0.15, 0.2) is 0 Å². The summed E-state index contributed by atoms with van der Waals surface area (Å²) in [4.78, 5) is 0. The predicted molar refractivity (Wildman–Crippen MR) is 210 cm³/mol. The quantitative estimate of drug-likeness (QED) is 0.0888. The normalized spacial score (nSPS) is 14.0. The van der Waals surface area contributed by atoms with Gasteiger partial charge in [-0.05, 0) is 0 Å². The van der Waals surface area contributed by atoms with Gasteiger partial charge in [-0.2, -0.15) is 0 Å². The molecule has 0 N–H and O–H groups in total. The van der Waals surface area contributed by atoms with E-state index in [4.69, 9.17) is 8.15 Å². The van der Waals surface area contributed by atoms with Crippen LogP contribution >= 0.6 is 13.7 Å². The van der Waals surface area contributed by atoms with E-state index in [2.05, 4.69) is 0 Å². The molecule has 12 heteroatoms. The number of hydrogen-bond donors (Lipinski definition) is 0. The first kappa shape index (κ1) is 42.1. The molecular formula is C44H46Cl2O8P2. The van der Waals surface area contributed by atoms with E-state index in [0.717, 1.165) is 12.8 Å². The Kier molecular flexibility index (Phi) is 13.2. The summed E-state index contributed by atoms with van der Waals surface area (Å²) in [5.41, 5.74) is 0. The molecule has 0 bridgehead atoms. The molecule has 0 heterocycles. The van der Waals surface area contributed by atoms with Crippen LogP contribution in [-0.2, 0) is 8.15 Å². The van der Waals surface area contributed by atoms with E-state index in [1.54, 1.807) is 0 Å². The zero-order valence-electron chi connectivity index (χ0n) is 30.9. The van der Waals surface area contributed by atoms with Crippen LogP contribution in [0.2, 0.25) is 0 Å². The van der Waals surface area contributed by atoms with Crippen LogP contribution in [0.3, 0.4) is 0 Å². The molecule has 0 atom stereocenters. The third kappa shape index (κ3) is 8.36. The van der Waals surface area contributed by atoms with Gasteiger partial charge in [-0.3, -0.25) is 0 Å². The molecular weight excluding hydrogens is 789 g/mol. The Balaban J connectivity index is 1.29. The van der Waals surface area contributed by atoms with Crippen molar-refractivity contribution < 1.29 is 56.6 Å². The van der Waals surface area contributed by atoms with Crippen LogP contribution in [0.25, 0.3) is 0 Å². The monoisotopic (exact) mass is 834 g/mol. The van der Waals surface area contributed by atoms with Crippen LogP contribution < -0.4 is 59.8 Å². The Bertz CT molecular complexity index is 1750. The minimum absolute atomic E-state index is 0.277. The van der Waals surface area contributed by atoms with E-state index in [-0.39, 0.29) is 12.3 Å². The van der Waals surface area contributed by atoms with Crippen molar-refractivity contribution in [2.24, 2.45) is 0 Å². The number of hydrogen-bond acceptors (Lipinski definition) is 8. The van der Waals surface area contributed by atoms with Gasteiger partial charge in [0.25, 0.3) is 0 Å². The summed E-state index contributed by atoms with van der Waals surface area (Å²) < 4.78 is 89.2. The molecule has 0 aliphatic rings. The van der Waals surface area contributed by atoms with Crippen molar-refractivity contribution in [1.29, 1.82) is 0 Å². The number of halogens is 2. The Morgan fingerprint density at radius 3 is 0.643 bits per heavy atom. The van der Waals surface area contributed by atoms with Crippen LogP contribution in [0.1, 0.15) is 38.5 Å². The summed E-state index contributed by atoms with van der Waals surface area (Å²) in [6.07, 6.45) is 4.59. The molecule has 294 valence electrons. The Hall–Kier alpha value is -3.56. The molecule has 0 unspecified atom stereocenters.